The van der Waals surface area contributed by atoms with E-state index in [0.29, 0.717) is 11.8 Å². The third-order valence-corrected chi connectivity index (χ3v) is 7.55. The summed E-state index contributed by atoms with van der Waals surface area (Å²) in [6.45, 7) is 7.87. The quantitative estimate of drug-likeness (QED) is 0.604. The van der Waals surface area contributed by atoms with E-state index in [0.717, 1.165) is 56.8 Å². The Bertz CT molecular complexity index is 1100. The van der Waals surface area contributed by atoms with Gasteiger partial charge in [0.2, 0.25) is 0 Å². The van der Waals surface area contributed by atoms with Gasteiger partial charge in [0.1, 0.15) is 0 Å². The third-order valence-electron chi connectivity index (χ3n) is 6.64. The van der Waals surface area contributed by atoms with Gasteiger partial charge < -0.3 is 9.47 Å². The molecular weight excluding hydrogens is 392 g/mol. The van der Waals surface area contributed by atoms with Crippen molar-refractivity contribution in [2.75, 3.05) is 26.7 Å². The summed E-state index contributed by atoms with van der Waals surface area (Å²) in [5, 5.41) is 0. The van der Waals surface area contributed by atoms with E-state index in [1.54, 1.807) is 11.3 Å². The molecule has 0 amide bonds. The van der Waals surface area contributed by atoms with Crippen LogP contribution in [-0.2, 0) is 19.6 Å². The van der Waals surface area contributed by atoms with Gasteiger partial charge in [-0.05, 0) is 50.0 Å². The van der Waals surface area contributed by atoms with Crippen LogP contribution in [0, 0.1) is 5.92 Å². The van der Waals surface area contributed by atoms with Crippen molar-refractivity contribution >= 4 is 21.6 Å². The molecule has 2 aliphatic heterocycles. The molecule has 2 aliphatic rings. The van der Waals surface area contributed by atoms with Crippen LogP contribution in [0.5, 0.6) is 0 Å². The van der Waals surface area contributed by atoms with Gasteiger partial charge in [-0.1, -0.05) is 25.1 Å². The lowest BCUT2D eigenvalue weighted by Crippen LogP contribution is -2.47. The summed E-state index contributed by atoms with van der Waals surface area (Å²) < 4.78 is 3.40. The van der Waals surface area contributed by atoms with E-state index in [9.17, 15) is 4.79 Å². The van der Waals surface area contributed by atoms with Gasteiger partial charge in [0.15, 0.2) is 0 Å². The first-order valence-electron chi connectivity index (χ1n) is 11.1. The molecule has 4 heterocycles. The zero-order valence-electron chi connectivity index (χ0n) is 17.9. The Labute approximate surface area is 182 Å². The van der Waals surface area contributed by atoms with E-state index in [1.807, 2.05) is 5.51 Å². The van der Waals surface area contributed by atoms with Crippen LogP contribution < -0.4 is 5.56 Å². The predicted molar refractivity (Wildman–Crippen MR) is 123 cm³/mol. The van der Waals surface area contributed by atoms with Crippen LogP contribution in [0.1, 0.15) is 42.5 Å². The molecule has 1 fully saturated rings. The second-order valence-corrected chi connectivity index (χ2v) is 9.90. The van der Waals surface area contributed by atoms with Crippen LogP contribution in [0.15, 0.2) is 40.6 Å². The SMILES string of the molecule is CCCN(C)Cc1ccc2n(c1=O)C[C@H]1C[C@@H]2CN(Cc2cccc3ncsc23)C1. The first-order chi connectivity index (χ1) is 14.6. The van der Waals surface area contributed by atoms with Gasteiger partial charge >= 0.3 is 0 Å². The van der Waals surface area contributed by atoms with Crippen LogP contribution in [0.25, 0.3) is 10.2 Å². The van der Waals surface area contributed by atoms with Gasteiger partial charge in [0, 0.05) is 49.9 Å². The highest BCUT2D eigenvalue weighted by Crippen LogP contribution is 2.36. The molecule has 0 aliphatic carbocycles. The predicted octanol–water partition coefficient (Wildman–Crippen LogP) is 3.92. The van der Waals surface area contributed by atoms with Crippen LogP contribution in [-0.4, -0.2) is 46.0 Å². The Hall–Kier alpha value is -2.02. The summed E-state index contributed by atoms with van der Waals surface area (Å²) >= 11 is 1.74. The lowest BCUT2D eigenvalue weighted by molar-refractivity contribution is 0.114. The number of nitrogens with zero attached hydrogens (tertiary/aromatic N) is 4. The minimum atomic E-state index is 0.230. The molecule has 158 valence electrons. The number of piperidine rings is 1. The summed E-state index contributed by atoms with van der Waals surface area (Å²) in [4.78, 5) is 22.5. The second kappa shape index (κ2) is 8.25. The molecule has 2 bridgehead atoms. The van der Waals surface area contributed by atoms with E-state index in [2.05, 4.69) is 63.7 Å². The summed E-state index contributed by atoms with van der Waals surface area (Å²) in [6.07, 6.45) is 2.31. The highest BCUT2D eigenvalue weighted by molar-refractivity contribution is 7.16. The Morgan fingerprint density at radius 3 is 2.93 bits per heavy atom. The number of fused-ring (bicyclic) bond motifs is 5. The molecule has 0 saturated carbocycles. The first kappa shape index (κ1) is 19.9. The smallest absolute Gasteiger partial charge is 0.255 e. The Kier molecular flexibility index (Phi) is 5.48. The maximum atomic E-state index is 13.2. The van der Waals surface area contributed by atoms with Crippen molar-refractivity contribution in [2.24, 2.45) is 5.92 Å². The van der Waals surface area contributed by atoms with E-state index >= 15 is 0 Å². The number of hydrogen-bond donors (Lipinski definition) is 0. The maximum Gasteiger partial charge on any atom is 0.255 e. The lowest BCUT2D eigenvalue weighted by atomic mass is 9.82. The van der Waals surface area contributed by atoms with E-state index < -0.39 is 0 Å². The maximum absolute atomic E-state index is 13.2. The van der Waals surface area contributed by atoms with Gasteiger partial charge in [0.25, 0.3) is 5.56 Å². The lowest BCUT2D eigenvalue weighted by Gasteiger charge is -2.43. The van der Waals surface area contributed by atoms with Crippen molar-refractivity contribution in [1.29, 1.82) is 0 Å². The summed E-state index contributed by atoms with van der Waals surface area (Å²) in [7, 11) is 2.10. The monoisotopic (exact) mass is 422 g/mol. The highest BCUT2D eigenvalue weighted by atomic mass is 32.1. The van der Waals surface area contributed by atoms with E-state index in [1.165, 1.54) is 22.4 Å². The number of pyridine rings is 1. The van der Waals surface area contributed by atoms with Crippen molar-refractivity contribution in [3.05, 3.63) is 63.0 Å². The molecule has 1 aromatic carbocycles. The van der Waals surface area contributed by atoms with Crippen molar-refractivity contribution in [2.45, 2.75) is 45.3 Å². The van der Waals surface area contributed by atoms with Crippen molar-refractivity contribution < 1.29 is 0 Å². The molecule has 0 spiro atoms. The second-order valence-electron chi connectivity index (χ2n) is 9.05. The molecule has 5 nitrogen and oxygen atoms in total. The highest BCUT2D eigenvalue weighted by Gasteiger charge is 2.35. The summed E-state index contributed by atoms with van der Waals surface area (Å²) in [5.74, 6) is 1.01. The average molecular weight is 423 g/mol. The number of benzene rings is 1. The van der Waals surface area contributed by atoms with Gasteiger partial charge in [-0.2, -0.15) is 0 Å². The van der Waals surface area contributed by atoms with E-state index in [4.69, 9.17) is 0 Å². The number of rotatable bonds is 6. The van der Waals surface area contributed by atoms with Gasteiger partial charge in [0.05, 0.1) is 15.7 Å². The number of hydrogen-bond acceptors (Lipinski definition) is 5. The molecule has 0 unspecified atom stereocenters. The van der Waals surface area contributed by atoms with Gasteiger partial charge in [-0.3, -0.25) is 9.69 Å². The summed E-state index contributed by atoms with van der Waals surface area (Å²) in [6, 6.07) is 10.8. The molecule has 2 aromatic heterocycles. The zero-order chi connectivity index (χ0) is 20.7. The fourth-order valence-corrected chi connectivity index (χ4v) is 6.20. The number of likely N-dealkylation sites (tertiary alicyclic amines) is 1. The van der Waals surface area contributed by atoms with Gasteiger partial charge in [-0.25, -0.2) is 4.98 Å². The minimum Gasteiger partial charge on any atom is -0.312 e. The van der Waals surface area contributed by atoms with Crippen LogP contribution >= 0.6 is 11.3 Å². The molecule has 0 radical (unpaired) electrons. The topological polar surface area (TPSA) is 41.4 Å². The molecule has 30 heavy (non-hydrogen) atoms. The largest absolute Gasteiger partial charge is 0.312 e. The number of aromatic nitrogens is 2. The number of thiazole rings is 1. The normalized spacial score (nSPS) is 21.3. The fraction of sp³-hybridized carbons (Fsp3) is 0.500. The average Bonchev–Trinajstić information content (AvgIpc) is 3.21. The third kappa shape index (κ3) is 3.72. The van der Waals surface area contributed by atoms with Crippen LogP contribution in [0.2, 0.25) is 0 Å². The molecule has 5 rings (SSSR count). The zero-order valence-corrected chi connectivity index (χ0v) is 18.7. The molecule has 3 aromatic rings. The Balaban J connectivity index is 1.37. The van der Waals surface area contributed by atoms with Crippen LogP contribution in [0.3, 0.4) is 0 Å². The standard InChI is InChI=1S/C24H30N4OS/c1-3-9-26(2)13-19-7-8-22-20-10-17(12-28(22)24(19)29)11-27(15-20)14-18-5-4-6-21-23(18)30-16-25-21/h4-8,16-17,20H,3,9-15H2,1-2H3/t17-,20+/m0/s1. The van der Waals surface area contributed by atoms with Crippen molar-refractivity contribution in [3.8, 4) is 0 Å². The first-order valence-corrected chi connectivity index (χ1v) is 11.9. The Morgan fingerprint density at radius 2 is 2.07 bits per heavy atom. The fourth-order valence-electron chi connectivity index (χ4n) is 5.40. The minimum absolute atomic E-state index is 0.230. The van der Waals surface area contributed by atoms with Crippen molar-refractivity contribution in [3.63, 3.8) is 0 Å². The molecule has 1 saturated heterocycles. The molecule has 6 heteroatoms. The molecular formula is C24H30N4OS. The van der Waals surface area contributed by atoms with E-state index in [-0.39, 0.29) is 5.56 Å². The summed E-state index contributed by atoms with van der Waals surface area (Å²) in [5.41, 5.74) is 6.82. The van der Waals surface area contributed by atoms with Crippen LogP contribution in [0.4, 0.5) is 0 Å². The molecule has 0 N–H and O–H groups in total. The van der Waals surface area contributed by atoms with Crippen molar-refractivity contribution in [1.82, 2.24) is 19.4 Å². The van der Waals surface area contributed by atoms with Gasteiger partial charge in [-0.15, -0.1) is 11.3 Å². The Morgan fingerprint density at radius 1 is 1.17 bits per heavy atom. The molecule has 2 atom stereocenters.